The van der Waals surface area contributed by atoms with Gasteiger partial charge in [-0.3, -0.25) is 4.79 Å². The molecule has 0 aromatic heterocycles. The fourth-order valence-corrected chi connectivity index (χ4v) is 1.79. The highest BCUT2D eigenvalue weighted by molar-refractivity contribution is 5.82. The second-order valence-corrected chi connectivity index (χ2v) is 4.03. The number of hydrogen-bond donors (Lipinski definition) is 2. The fourth-order valence-electron chi connectivity index (χ4n) is 1.79. The lowest BCUT2D eigenvalue weighted by Crippen LogP contribution is -2.42. The van der Waals surface area contributed by atoms with Crippen LogP contribution in [0.2, 0.25) is 0 Å². The molecule has 1 aliphatic heterocycles. The van der Waals surface area contributed by atoms with E-state index >= 15 is 0 Å². The Morgan fingerprint density at radius 2 is 2.23 bits per heavy atom. The molecule has 0 radical (unpaired) electrons. The Balaban J connectivity index is 1.88. The maximum atomic E-state index is 11.7. The number of rotatable bonds is 2. The highest BCUT2D eigenvalue weighted by atomic mass is 16.3. The molecule has 2 fully saturated rings. The van der Waals surface area contributed by atoms with Gasteiger partial charge in [-0.05, 0) is 19.3 Å². The van der Waals surface area contributed by atoms with Crippen LogP contribution in [0.15, 0.2) is 0 Å². The van der Waals surface area contributed by atoms with Gasteiger partial charge in [0.15, 0.2) is 0 Å². The number of aliphatic hydroxyl groups is 1. The van der Waals surface area contributed by atoms with Crippen molar-refractivity contribution in [3.63, 3.8) is 0 Å². The summed E-state index contributed by atoms with van der Waals surface area (Å²) in [5.41, 5.74) is 0. The number of amides is 1. The van der Waals surface area contributed by atoms with Gasteiger partial charge in [-0.25, -0.2) is 0 Å². The summed E-state index contributed by atoms with van der Waals surface area (Å²) >= 11 is 0. The normalized spacial score (nSPS) is 33.4. The van der Waals surface area contributed by atoms with Crippen LogP contribution in [0.3, 0.4) is 0 Å². The van der Waals surface area contributed by atoms with E-state index in [4.69, 9.17) is 0 Å². The molecule has 1 aliphatic carbocycles. The number of nitrogens with one attached hydrogen (secondary N) is 1. The highest BCUT2D eigenvalue weighted by Crippen LogP contribution is 2.26. The molecule has 0 aromatic rings. The van der Waals surface area contributed by atoms with Crippen molar-refractivity contribution in [3.8, 4) is 0 Å². The van der Waals surface area contributed by atoms with Crippen LogP contribution >= 0.6 is 0 Å². The summed E-state index contributed by atoms with van der Waals surface area (Å²) in [6.45, 7) is 0.551. The minimum absolute atomic E-state index is 0.138. The molecule has 13 heavy (non-hydrogen) atoms. The molecular weight excluding hydrogens is 168 g/mol. The average Bonchev–Trinajstić information content (AvgIpc) is 2.87. The predicted octanol–water partition coefficient (Wildman–Crippen LogP) is -0.670. The van der Waals surface area contributed by atoms with E-state index in [9.17, 15) is 9.90 Å². The van der Waals surface area contributed by atoms with Crippen LogP contribution in [0.1, 0.15) is 19.3 Å². The van der Waals surface area contributed by atoms with E-state index in [1.54, 1.807) is 0 Å². The standard InChI is InChI=1S/C9H16N2O2/c1-11(6-2-3-6)9(13)8-4-7(12)5-10-8/h6-8,10,12H,2-5H2,1H3/t7-,8+/m0/s1. The van der Waals surface area contributed by atoms with E-state index < -0.39 is 0 Å². The molecule has 0 unspecified atom stereocenters. The zero-order valence-corrected chi connectivity index (χ0v) is 7.86. The summed E-state index contributed by atoms with van der Waals surface area (Å²) in [6.07, 6.45) is 2.49. The van der Waals surface area contributed by atoms with Crippen molar-refractivity contribution < 1.29 is 9.90 Å². The monoisotopic (exact) mass is 184 g/mol. The topological polar surface area (TPSA) is 52.6 Å². The molecule has 1 saturated heterocycles. The molecule has 74 valence electrons. The molecule has 2 rings (SSSR count). The van der Waals surface area contributed by atoms with Gasteiger partial charge in [0.1, 0.15) is 0 Å². The Morgan fingerprint density at radius 1 is 1.54 bits per heavy atom. The second kappa shape index (κ2) is 3.27. The number of likely N-dealkylation sites (N-methyl/N-ethyl adjacent to an activating group) is 1. The van der Waals surface area contributed by atoms with Crippen molar-refractivity contribution in [2.75, 3.05) is 13.6 Å². The predicted molar refractivity (Wildman–Crippen MR) is 48.2 cm³/mol. The van der Waals surface area contributed by atoms with Gasteiger partial charge in [-0.1, -0.05) is 0 Å². The first kappa shape index (κ1) is 8.97. The van der Waals surface area contributed by atoms with Crippen molar-refractivity contribution in [2.24, 2.45) is 0 Å². The third-order valence-electron chi connectivity index (χ3n) is 2.85. The maximum absolute atomic E-state index is 11.7. The Bertz CT molecular complexity index is 216. The number of aliphatic hydroxyl groups excluding tert-OH is 1. The van der Waals surface area contributed by atoms with Crippen LogP contribution in [0, 0.1) is 0 Å². The molecule has 2 aliphatic rings. The van der Waals surface area contributed by atoms with E-state index in [1.165, 1.54) is 0 Å². The van der Waals surface area contributed by atoms with E-state index in [0.29, 0.717) is 19.0 Å². The number of β-amino-alcohol motifs (C(OH)–C–C–N with tert-alkyl or cyclic N) is 1. The van der Waals surface area contributed by atoms with E-state index in [1.807, 2.05) is 11.9 Å². The molecule has 1 amide bonds. The molecule has 0 aromatic carbocycles. The third kappa shape index (κ3) is 1.84. The van der Waals surface area contributed by atoms with E-state index in [0.717, 1.165) is 12.8 Å². The van der Waals surface area contributed by atoms with Crippen LogP contribution in [0.25, 0.3) is 0 Å². The number of carbonyl (C=O) groups is 1. The summed E-state index contributed by atoms with van der Waals surface area (Å²) in [6, 6.07) is 0.313. The molecule has 4 heteroatoms. The molecular formula is C9H16N2O2. The van der Waals surface area contributed by atoms with Gasteiger partial charge in [-0.15, -0.1) is 0 Å². The first-order chi connectivity index (χ1) is 6.18. The first-order valence-electron chi connectivity index (χ1n) is 4.86. The van der Waals surface area contributed by atoms with Gasteiger partial charge in [0.05, 0.1) is 12.1 Å². The third-order valence-corrected chi connectivity index (χ3v) is 2.85. The van der Waals surface area contributed by atoms with Crippen LogP contribution in [-0.4, -0.2) is 47.7 Å². The zero-order valence-electron chi connectivity index (χ0n) is 7.86. The smallest absolute Gasteiger partial charge is 0.239 e. The van der Waals surface area contributed by atoms with Crippen LogP contribution < -0.4 is 5.32 Å². The van der Waals surface area contributed by atoms with Gasteiger partial charge < -0.3 is 15.3 Å². The SMILES string of the molecule is CN(C(=O)[C@H]1C[C@H](O)CN1)C1CC1. The van der Waals surface area contributed by atoms with E-state index in [2.05, 4.69) is 5.32 Å². The molecule has 4 nitrogen and oxygen atoms in total. The van der Waals surface area contributed by atoms with Crippen molar-refractivity contribution in [1.29, 1.82) is 0 Å². The summed E-state index contributed by atoms with van der Waals surface area (Å²) in [5.74, 6) is 0.138. The lowest BCUT2D eigenvalue weighted by molar-refractivity contribution is -0.132. The Kier molecular flexibility index (Phi) is 2.26. The molecule has 0 bridgehead atoms. The molecule has 1 saturated carbocycles. The maximum Gasteiger partial charge on any atom is 0.239 e. The van der Waals surface area contributed by atoms with Gasteiger partial charge in [-0.2, -0.15) is 0 Å². The lowest BCUT2D eigenvalue weighted by Gasteiger charge is -2.20. The van der Waals surface area contributed by atoms with E-state index in [-0.39, 0.29) is 18.1 Å². The molecule has 0 spiro atoms. The number of carbonyl (C=O) groups excluding carboxylic acids is 1. The fraction of sp³-hybridized carbons (Fsp3) is 0.889. The summed E-state index contributed by atoms with van der Waals surface area (Å²) in [4.78, 5) is 13.5. The van der Waals surface area contributed by atoms with Gasteiger partial charge >= 0.3 is 0 Å². The van der Waals surface area contributed by atoms with Gasteiger partial charge in [0.25, 0.3) is 0 Å². The molecule has 2 N–H and O–H groups in total. The average molecular weight is 184 g/mol. The lowest BCUT2D eigenvalue weighted by atomic mass is 10.2. The minimum atomic E-state index is -0.346. The number of nitrogens with zero attached hydrogens (tertiary/aromatic N) is 1. The molecule has 1 heterocycles. The Labute approximate surface area is 77.9 Å². The van der Waals surface area contributed by atoms with Crippen LogP contribution in [0.5, 0.6) is 0 Å². The second-order valence-electron chi connectivity index (χ2n) is 4.03. The largest absolute Gasteiger partial charge is 0.392 e. The highest BCUT2D eigenvalue weighted by Gasteiger charge is 2.36. The van der Waals surface area contributed by atoms with Crippen molar-refractivity contribution in [1.82, 2.24) is 10.2 Å². The van der Waals surface area contributed by atoms with Crippen molar-refractivity contribution in [3.05, 3.63) is 0 Å². The molecule has 2 atom stereocenters. The van der Waals surface area contributed by atoms with Crippen molar-refractivity contribution in [2.45, 2.75) is 37.5 Å². The van der Waals surface area contributed by atoms with Crippen LogP contribution in [-0.2, 0) is 4.79 Å². The Morgan fingerprint density at radius 3 is 2.69 bits per heavy atom. The van der Waals surface area contributed by atoms with Gasteiger partial charge in [0, 0.05) is 19.6 Å². The summed E-state index contributed by atoms with van der Waals surface area (Å²) < 4.78 is 0. The summed E-state index contributed by atoms with van der Waals surface area (Å²) in [5, 5.41) is 12.3. The van der Waals surface area contributed by atoms with Gasteiger partial charge in [0.2, 0.25) is 5.91 Å². The van der Waals surface area contributed by atoms with Crippen LogP contribution in [0.4, 0.5) is 0 Å². The minimum Gasteiger partial charge on any atom is -0.392 e. The van der Waals surface area contributed by atoms with Crippen molar-refractivity contribution >= 4 is 5.91 Å². The number of hydrogen-bond acceptors (Lipinski definition) is 3. The summed E-state index contributed by atoms with van der Waals surface area (Å²) in [7, 11) is 1.85. The zero-order chi connectivity index (χ0) is 9.42. The Hall–Kier alpha value is -0.610. The first-order valence-corrected chi connectivity index (χ1v) is 4.86. The quantitative estimate of drug-likeness (QED) is 0.598.